The molecule has 1 aliphatic heterocycles. The minimum absolute atomic E-state index is 0.0514. The Kier molecular flexibility index (Phi) is 4.99. The minimum Gasteiger partial charge on any atom is -0.457 e. The molecule has 7 nitrogen and oxygen atoms in total. The molecule has 2 aromatic heterocycles. The van der Waals surface area contributed by atoms with Crippen molar-refractivity contribution in [2.24, 2.45) is 0 Å². The molecular weight excluding hydrogens is 397 g/mol. The highest BCUT2D eigenvalue weighted by molar-refractivity contribution is 5.85. The van der Waals surface area contributed by atoms with Crippen molar-refractivity contribution in [3.63, 3.8) is 0 Å². The second-order valence-electron chi connectivity index (χ2n) is 7.70. The molecule has 8 heteroatoms. The van der Waals surface area contributed by atoms with Crippen LogP contribution in [0.3, 0.4) is 0 Å². The Morgan fingerprint density at radius 2 is 1.97 bits per heavy atom. The molecule has 0 saturated carbocycles. The van der Waals surface area contributed by atoms with Crippen LogP contribution in [-0.4, -0.2) is 32.3 Å². The number of fused-ring (bicyclic) bond motifs is 1. The van der Waals surface area contributed by atoms with Gasteiger partial charge in [-0.15, -0.1) is 0 Å². The number of nitrogens with zero attached hydrogens (tertiary/aromatic N) is 4. The molecule has 0 radical (unpaired) electrons. The summed E-state index contributed by atoms with van der Waals surface area (Å²) in [5.41, 5.74) is 7.37. The van der Waals surface area contributed by atoms with E-state index < -0.39 is 5.82 Å². The first-order chi connectivity index (χ1) is 15.1. The topological polar surface area (TPSA) is 87.6 Å². The zero-order chi connectivity index (χ0) is 21.4. The number of benzene rings is 2. The summed E-state index contributed by atoms with van der Waals surface area (Å²) >= 11 is 0. The number of hydrogen-bond donors (Lipinski definition) is 1. The average Bonchev–Trinajstić information content (AvgIpc) is 3.16. The number of anilines is 1. The predicted molar refractivity (Wildman–Crippen MR) is 114 cm³/mol. The Labute approximate surface area is 178 Å². The highest BCUT2D eigenvalue weighted by atomic mass is 19.1. The molecule has 0 aliphatic carbocycles. The van der Waals surface area contributed by atoms with Crippen molar-refractivity contribution < 1.29 is 13.9 Å². The van der Waals surface area contributed by atoms with Crippen LogP contribution in [0.4, 0.5) is 10.2 Å². The maximum absolute atomic E-state index is 15.2. The van der Waals surface area contributed by atoms with E-state index in [1.165, 1.54) is 12.4 Å². The zero-order valence-electron chi connectivity index (χ0n) is 17.0. The van der Waals surface area contributed by atoms with Crippen molar-refractivity contribution >= 4 is 11.3 Å². The van der Waals surface area contributed by atoms with Crippen molar-refractivity contribution in [1.29, 1.82) is 0 Å². The quantitative estimate of drug-likeness (QED) is 0.521. The Bertz CT molecular complexity index is 1220. The second kappa shape index (κ2) is 7.96. The third-order valence-electron chi connectivity index (χ3n) is 5.53. The summed E-state index contributed by atoms with van der Waals surface area (Å²) in [4.78, 5) is 8.86. The van der Waals surface area contributed by atoms with Gasteiger partial charge in [0.25, 0.3) is 0 Å². The number of hydrogen-bond acceptors (Lipinski definition) is 6. The first-order valence-electron chi connectivity index (χ1n) is 10.2. The fraction of sp³-hybridized carbons (Fsp3) is 0.261. The van der Waals surface area contributed by atoms with Crippen molar-refractivity contribution in [1.82, 2.24) is 19.6 Å². The van der Waals surface area contributed by atoms with E-state index in [1.807, 2.05) is 30.3 Å². The monoisotopic (exact) mass is 419 g/mol. The summed E-state index contributed by atoms with van der Waals surface area (Å²) in [7, 11) is 0. The summed E-state index contributed by atoms with van der Waals surface area (Å²) in [6.45, 7) is 2.59. The predicted octanol–water partition coefficient (Wildman–Crippen LogP) is 4.59. The maximum Gasteiger partial charge on any atom is 0.153 e. The number of halogens is 1. The van der Waals surface area contributed by atoms with Gasteiger partial charge in [0.2, 0.25) is 0 Å². The normalized spacial score (nSPS) is 18.9. The van der Waals surface area contributed by atoms with E-state index in [4.69, 9.17) is 20.2 Å². The average molecular weight is 419 g/mol. The van der Waals surface area contributed by atoms with Crippen molar-refractivity contribution in [2.45, 2.75) is 31.8 Å². The summed E-state index contributed by atoms with van der Waals surface area (Å²) in [5, 5.41) is 4.35. The van der Waals surface area contributed by atoms with Crippen molar-refractivity contribution in [3.05, 3.63) is 66.5 Å². The molecule has 4 aromatic rings. The highest BCUT2D eigenvalue weighted by Crippen LogP contribution is 2.36. The lowest BCUT2D eigenvalue weighted by molar-refractivity contribution is 0.0134. The van der Waals surface area contributed by atoms with Crippen LogP contribution in [0.2, 0.25) is 0 Å². The van der Waals surface area contributed by atoms with Gasteiger partial charge in [0.1, 0.15) is 40.7 Å². The van der Waals surface area contributed by atoms with Crippen LogP contribution in [0.15, 0.2) is 54.9 Å². The fourth-order valence-corrected chi connectivity index (χ4v) is 3.89. The Morgan fingerprint density at radius 1 is 1.13 bits per heavy atom. The lowest BCUT2D eigenvalue weighted by atomic mass is 9.98. The first-order valence-corrected chi connectivity index (χ1v) is 10.2. The molecule has 1 fully saturated rings. The fourth-order valence-electron chi connectivity index (χ4n) is 3.89. The number of imidazole rings is 1. The van der Waals surface area contributed by atoms with Crippen LogP contribution in [-0.2, 0) is 4.74 Å². The molecule has 2 atom stereocenters. The molecule has 3 heterocycles. The van der Waals surface area contributed by atoms with E-state index in [1.54, 1.807) is 16.6 Å². The van der Waals surface area contributed by atoms with Gasteiger partial charge >= 0.3 is 0 Å². The van der Waals surface area contributed by atoms with Gasteiger partial charge in [0.15, 0.2) is 5.82 Å². The molecule has 2 aromatic carbocycles. The van der Waals surface area contributed by atoms with Crippen LogP contribution < -0.4 is 10.5 Å². The molecule has 0 bridgehead atoms. The molecule has 31 heavy (non-hydrogen) atoms. The van der Waals surface area contributed by atoms with Crippen LogP contribution in [0.5, 0.6) is 11.5 Å². The SMILES string of the molecule is C[C@H]1CC[C@H](c2nc(-c3ccc(Oc4ccccc4)cc3F)c3c(N)ncnn23)CO1. The number of ether oxygens (including phenoxy) is 2. The van der Waals surface area contributed by atoms with Crippen LogP contribution in [0, 0.1) is 5.82 Å². The molecule has 0 amide bonds. The van der Waals surface area contributed by atoms with E-state index in [9.17, 15) is 0 Å². The van der Waals surface area contributed by atoms with Gasteiger partial charge in [-0.1, -0.05) is 18.2 Å². The molecule has 0 unspecified atom stereocenters. The zero-order valence-corrected chi connectivity index (χ0v) is 17.0. The highest BCUT2D eigenvalue weighted by Gasteiger charge is 2.28. The number of aromatic nitrogens is 4. The van der Waals surface area contributed by atoms with Crippen LogP contribution in [0.25, 0.3) is 16.8 Å². The summed E-state index contributed by atoms with van der Waals surface area (Å²) < 4.78 is 28.4. The molecule has 0 spiro atoms. The van der Waals surface area contributed by atoms with E-state index in [0.29, 0.717) is 40.7 Å². The Morgan fingerprint density at radius 3 is 2.71 bits per heavy atom. The van der Waals surface area contributed by atoms with E-state index >= 15 is 4.39 Å². The lowest BCUT2D eigenvalue weighted by Gasteiger charge is -2.25. The summed E-state index contributed by atoms with van der Waals surface area (Å²) in [5.74, 6) is 1.57. The lowest BCUT2D eigenvalue weighted by Crippen LogP contribution is -2.24. The maximum atomic E-state index is 15.2. The standard InChI is InChI=1S/C23H22FN5O2/c1-14-7-8-15(12-30-14)23-28-20(21-22(25)26-13-27-29(21)23)18-10-9-17(11-19(18)24)31-16-5-3-2-4-6-16/h2-6,9-11,13-15H,7-8,12H2,1H3,(H2,25,26,27)/t14-,15-/m0/s1. The third kappa shape index (κ3) is 3.70. The first kappa shape index (κ1) is 19.4. The van der Waals surface area contributed by atoms with Gasteiger partial charge < -0.3 is 15.2 Å². The third-order valence-corrected chi connectivity index (χ3v) is 5.53. The molecular formula is C23H22FN5O2. The molecule has 5 rings (SSSR count). The van der Waals surface area contributed by atoms with Crippen molar-refractivity contribution in [3.8, 4) is 22.8 Å². The van der Waals surface area contributed by atoms with Gasteiger partial charge in [-0.25, -0.2) is 18.9 Å². The number of rotatable bonds is 4. The van der Waals surface area contributed by atoms with Crippen molar-refractivity contribution in [2.75, 3.05) is 12.3 Å². The smallest absolute Gasteiger partial charge is 0.153 e. The summed E-state index contributed by atoms with van der Waals surface area (Å²) in [6, 6.07) is 13.9. The number of para-hydroxylation sites is 1. The van der Waals surface area contributed by atoms with Crippen LogP contribution in [0.1, 0.15) is 31.5 Å². The number of nitrogens with two attached hydrogens (primary N) is 1. The second-order valence-corrected chi connectivity index (χ2v) is 7.70. The van der Waals surface area contributed by atoms with Gasteiger partial charge in [-0.05, 0) is 44.0 Å². The molecule has 1 aliphatic rings. The van der Waals surface area contributed by atoms with Gasteiger partial charge in [-0.3, -0.25) is 0 Å². The molecule has 1 saturated heterocycles. The van der Waals surface area contributed by atoms with E-state index in [0.717, 1.165) is 12.8 Å². The van der Waals surface area contributed by atoms with E-state index in [-0.39, 0.29) is 17.8 Å². The summed E-state index contributed by atoms with van der Waals surface area (Å²) in [6.07, 6.45) is 3.44. The van der Waals surface area contributed by atoms with Gasteiger partial charge in [-0.2, -0.15) is 5.10 Å². The van der Waals surface area contributed by atoms with Gasteiger partial charge in [0, 0.05) is 17.5 Å². The number of nitrogen functional groups attached to an aromatic ring is 1. The largest absolute Gasteiger partial charge is 0.457 e. The Hall–Kier alpha value is -3.52. The van der Waals surface area contributed by atoms with Gasteiger partial charge in [0.05, 0.1) is 12.7 Å². The Balaban J connectivity index is 1.55. The van der Waals surface area contributed by atoms with Crippen LogP contribution >= 0.6 is 0 Å². The molecule has 2 N–H and O–H groups in total. The molecule has 158 valence electrons. The minimum atomic E-state index is -0.461. The van der Waals surface area contributed by atoms with E-state index in [2.05, 4.69) is 17.0 Å².